The number of benzene rings is 1. The highest BCUT2D eigenvalue weighted by atomic mass is 16.4. The number of hydrogen-bond donors (Lipinski definition) is 3. The number of carbonyl (C=O) groups is 2. The minimum Gasteiger partial charge on any atom is -0.481 e. The zero-order valence-corrected chi connectivity index (χ0v) is 9.86. The molecule has 5 nitrogen and oxygen atoms in total. The molecule has 1 atom stereocenters. The summed E-state index contributed by atoms with van der Waals surface area (Å²) in [6, 6.07) is 4.60. The molecule has 0 bridgehead atoms. The van der Waals surface area contributed by atoms with Gasteiger partial charge in [0.2, 0.25) is 5.91 Å². The van der Waals surface area contributed by atoms with Crippen molar-refractivity contribution in [1.82, 2.24) is 0 Å². The predicted molar refractivity (Wildman–Crippen MR) is 64.8 cm³/mol. The summed E-state index contributed by atoms with van der Waals surface area (Å²) < 4.78 is 0. The Morgan fingerprint density at radius 2 is 2.06 bits per heavy atom. The minimum atomic E-state index is -1.09. The van der Waals surface area contributed by atoms with Crippen LogP contribution in [0.1, 0.15) is 17.5 Å². The van der Waals surface area contributed by atoms with Crippen LogP contribution in [0.5, 0.6) is 0 Å². The van der Waals surface area contributed by atoms with Gasteiger partial charge in [0.1, 0.15) is 0 Å². The van der Waals surface area contributed by atoms with Crippen molar-refractivity contribution in [2.75, 3.05) is 5.32 Å². The molecule has 0 fully saturated rings. The van der Waals surface area contributed by atoms with Crippen LogP contribution < -0.4 is 11.1 Å². The van der Waals surface area contributed by atoms with Gasteiger partial charge in [-0.15, -0.1) is 0 Å². The minimum absolute atomic E-state index is 0.378. The third-order valence-corrected chi connectivity index (χ3v) is 2.38. The van der Waals surface area contributed by atoms with Crippen molar-refractivity contribution in [2.24, 2.45) is 5.73 Å². The number of aryl methyl sites for hydroxylation is 2. The molecule has 0 saturated carbocycles. The summed E-state index contributed by atoms with van der Waals surface area (Å²) in [4.78, 5) is 22.0. The maximum atomic E-state index is 11.6. The number of amides is 1. The monoisotopic (exact) mass is 236 g/mol. The fraction of sp³-hybridized carbons (Fsp3) is 0.333. The van der Waals surface area contributed by atoms with Crippen molar-refractivity contribution in [3.63, 3.8) is 0 Å². The topological polar surface area (TPSA) is 92.4 Å². The Kier molecular flexibility index (Phi) is 4.23. The lowest BCUT2D eigenvalue weighted by atomic mass is 10.1. The van der Waals surface area contributed by atoms with Crippen molar-refractivity contribution in [2.45, 2.75) is 26.3 Å². The molecule has 0 heterocycles. The van der Waals surface area contributed by atoms with Crippen LogP contribution in [-0.2, 0) is 9.59 Å². The van der Waals surface area contributed by atoms with Crippen LogP contribution in [0.3, 0.4) is 0 Å². The SMILES string of the molecule is Cc1ccc(C)c(NC(=O)C(N)CC(=O)O)c1. The van der Waals surface area contributed by atoms with Crippen LogP contribution in [0.15, 0.2) is 18.2 Å². The molecule has 0 spiro atoms. The van der Waals surface area contributed by atoms with Crippen LogP contribution in [0, 0.1) is 13.8 Å². The lowest BCUT2D eigenvalue weighted by Crippen LogP contribution is -2.37. The Morgan fingerprint density at radius 3 is 2.65 bits per heavy atom. The number of carboxylic acid groups (broad SMARTS) is 1. The maximum absolute atomic E-state index is 11.6. The van der Waals surface area contributed by atoms with Gasteiger partial charge in [-0.1, -0.05) is 12.1 Å². The van der Waals surface area contributed by atoms with Gasteiger partial charge >= 0.3 is 5.97 Å². The number of carbonyl (C=O) groups excluding carboxylic acids is 1. The van der Waals surface area contributed by atoms with E-state index < -0.39 is 17.9 Å². The van der Waals surface area contributed by atoms with Crippen LogP contribution >= 0.6 is 0 Å². The second-order valence-electron chi connectivity index (χ2n) is 4.01. The summed E-state index contributed by atoms with van der Waals surface area (Å²) in [6.45, 7) is 3.77. The molecule has 0 aliphatic heterocycles. The molecule has 4 N–H and O–H groups in total. The summed E-state index contributed by atoms with van der Waals surface area (Å²) in [5.74, 6) is -1.57. The zero-order valence-electron chi connectivity index (χ0n) is 9.86. The Morgan fingerprint density at radius 1 is 1.41 bits per heavy atom. The quantitative estimate of drug-likeness (QED) is 0.728. The lowest BCUT2D eigenvalue weighted by molar-refractivity contribution is -0.138. The summed E-state index contributed by atoms with van der Waals surface area (Å²) in [7, 11) is 0. The van der Waals surface area contributed by atoms with Crippen molar-refractivity contribution in [3.05, 3.63) is 29.3 Å². The summed E-state index contributed by atoms with van der Waals surface area (Å²) in [5, 5.41) is 11.2. The Bertz CT molecular complexity index is 443. The van der Waals surface area contributed by atoms with Crippen molar-refractivity contribution >= 4 is 17.6 Å². The van der Waals surface area contributed by atoms with E-state index in [4.69, 9.17) is 10.8 Å². The van der Waals surface area contributed by atoms with Gasteiger partial charge in [-0.25, -0.2) is 0 Å². The standard InChI is InChI=1S/C12H16N2O3/c1-7-3-4-8(2)10(5-7)14-12(17)9(13)6-11(15)16/h3-5,9H,6,13H2,1-2H3,(H,14,17)(H,15,16). The second kappa shape index (κ2) is 5.45. The first-order valence-electron chi connectivity index (χ1n) is 5.25. The number of hydrogen-bond acceptors (Lipinski definition) is 3. The highest BCUT2D eigenvalue weighted by molar-refractivity contribution is 5.97. The average molecular weight is 236 g/mol. The number of nitrogens with one attached hydrogen (secondary N) is 1. The number of nitrogens with two attached hydrogens (primary N) is 1. The number of rotatable bonds is 4. The normalized spacial score (nSPS) is 11.9. The fourth-order valence-electron chi connectivity index (χ4n) is 1.38. The van der Waals surface area contributed by atoms with E-state index in [-0.39, 0.29) is 6.42 Å². The first-order chi connectivity index (χ1) is 7.90. The molecule has 1 aromatic rings. The summed E-state index contributed by atoms with van der Waals surface area (Å²) in [5.41, 5.74) is 8.04. The number of anilines is 1. The first kappa shape index (κ1) is 13.2. The molecule has 0 aromatic heterocycles. The lowest BCUT2D eigenvalue weighted by Gasteiger charge is -2.12. The molecule has 92 valence electrons. The maximum Gasteiger partial charge on any atom is 0.305 e. The van der Waals surface area contributed by atoms with E-state index in [1.807, 2.05) is 32.0 Å². The van der Waals surface area contributed by atoms with Crippen LogP contribution in [0.25, 0.3) is 0 Å². The molecule has 0 aliphatic carbocycles. The van der Waals surface area contributed by atoms with Crippen molar-refractivity contribution < 1.29 is 14.7 Å². The van der Waals surface area contributed by atoms with Crippen molar-refractivity contribution in [3.8, 4) is 0 Å². The van der Waals surface area contributed by atoms with Gasteiger partial charge in [-0.05, 0) is 31.0 Å². The van der Waals surface area contributed by atoms with E-state index in [1.165, 1.54) is 0 Å². The Hall–Kier alpha value is -1.88. The van der Waals surface area contributed by atoms with Gasteiger partial charge < -0.3 is 16.2 Å². The summed E-state index contributed by atoms with van der Waals surface area (Å²) in [6.07, 6.45) is -0.378. The molecular weight excluding hydrogens is 220 g/mol. The van der Waals surface area contributed by atoms with E-state index in [1.54, 1.807) is 0 Å². The fourth-order valence-corrected chi connectivity index (χ4v) is 1.38. The average Bonchev–Trinajstić information content (AvgIpc) is 2.22. The molecule has 1 rings (SSSR count). The first-order valence-corrected chi connectivity index (χ1v) is 5.25. The molecular formula is C12H16N2O3. The van der Waals surface area contributed by atoms with Crippen molar-refractivity contribution in [1.29, 1.82) is 0 Å². The molecule has 0 aliphatic rings. The molecule has 17 heavy (non-hydrogen) atoms. The van der Waals surface area contributed by atoms with E-state index in [0.29, 0.717) is 5.69 Å². The smallest absolute Gasteiger partial charge is 0.305 e. The molecule has 5 heteroatoms. The van der Waals surface area contributed by atoms with Gasteiger partial charge in [0.15, 0.2) is 0 Å². The van der Waals surface area contributed by atoms with Gasteiger partial charge in [-0.3, -0.25) is 9.59 Å². The number of carboxylic acids is 1. The molecule has 0 radical (unpaired) electrons. The highest BCUT2D eigenvalue weighted by Gasteiger charge is 2.17. The highest BCUT2D eigenvalue weighted by Crippen LogP contribution is 2.16. The van der Waals surface area contributed by atoms with Crippen LogP contribution in [-0.4, -0.2) is 23.0 Å². The Balaban J connectivity index is 2.73. The van der Waals surface area contributed by atoms with Gasteiger partial charge in [0.25, 0.3) is 0 Å². The van der Waals surface area contributed by atoms with E-state index >= 15 is 0 Å². The van der Waals surface area contributed by atoms with Crippen LogP contribution in [0.4, 0.5) is 5.69 Å². The largest absolute Gasteiger partial charge is 0.481 e. The Labute approximate surface area is 99.6 Å². The summed E-state index contributed by atoms with van der Waals surface area (Å²) >= 11 is 0. The number of aliphatic carboxylic acids is 1. The van der Waals surface area contributed by atoms with Gasteiger partial charge in [-0.2, -0.15) is 0 Å². The molecule has 1 aromatic carbocycles. The van der Waals surface area contributed by atoms with E-state index in [2.05, 4.69) is 5.32 Å². The zero-order chi connectivity index (χ0) is 13.0. The predicted octanol–water partition coefficient (Wildman–Crippen LogP) is 1.04. The second-order valence-corrected chi connectivity index (χ2v) is 4.01. The van der Waals surface area contributed by atoms with Crippen LogP contribution in [0.2, 0.25) is 0 Å². The third kappa shape index (κ3) is 3.88. The van der Waals surface area contributed by atoms with E-state index in [9.17, 15) is 9.59 Å². The third-order valence-electron chi connectivity index (χ3n) is 2.38. The van der Waals surface area contributed by atoms with E-state index in [0.717, 1.165) is 11.1 Å². The van der Waals surface area contributed by atoms with Gasteiger partial charge in [0.05, 0.1) is 12.5 Å². The molecule has 0 saturated heterocycles. The molecule has 1 amide bonds. The van der Waals surface area contributed by atoms with Gasteiger partial charge in [0, 0.05) is 5.69 Å². The molecule has 1 unspecified atom stereocenters.